The van der Waals surface area contributed by atoms with Gasteiger partial charge in [-0.3, -0.25) is 4.79 Å². The highest BCUT2D eigenvalue weighted by molar-refractivity contribution is 5.77. The van der Waals surface area contributed by atoms with E-state index in [2.05, 4.69) is 0 Å². The topological polar surface area (TPSA) is 29.5 Å². The van der Waals surface area contributed by atoms with Gasteiger partial charge < -0.3 is 9.64 Å². The van der Waals surface area contributed by atoms with E-state index in [0.29, 0.717) is 6.54 Å². The Bertz CT molecular complexity index is 653. The van der Waals surface area contributed by atoms with Crippen LogP contribution in [0.4, 0.5) is 4.39 Å². The van der Waals surface area contributed by atoms with Crippen molar-refractivity contribution in [3.05, 3.63) is 65.0 Å². The molecule has 0 N–H and O–H groups in total. The van der Waals surface area contributed by atoms with Gasteiger partial charge in [0.25, 0.3) is 5.91 Å². The quantitative estimate of drug-likeness (QED) is 0.846. The van der Waals surface area contributed by atoms with Gasteiger partial charge in [-0.2, -0.15) is 0 Å². The number of carbonyl (C=O) groups excluding carboxylic acids is 1. The zero-order chi connectivity index (χ0) is 16.1. The number of hydrogen-bond donors (Lipinski definition) is 0. The van der Waals surface area contributed by atoms with E-state index in [1.165, 1.54) is 12.1 Å². The molecule has 0 atom stereocenters. The molecule has 0 radical (unpaired) electrons. The van der Waals surface area contributed by atoms with Crippen LogP contribution in [0.1, 0.15) is 16.7 Å². The van der Waals surface area contributed by atoms with E-state index in [9.17, 15) is 9.18 Å². The number of likely N-dealkylation sites (N-methyl/N-ethyl adjacent to an activating group) is 1. The van der Waals surface area contributed by atoms with Gasteiger partial charge in [0.15, 0.2) is 6.61 Å². The van der Waals surface area contributed by atoms with Crippen LogP contribution in [0.25, 0.3) is 0 Å². The SMILES string of the molecule is Cc1ccc(C)c(OCC(=O)N(C)Cc2ccc(F)cc2)c1. The summed E-state index contributed by atoms with van der Waals surface area (Å²) in [5.74, 6) is 0.324. The third kappa shape index (κ3) is 4.32. The number of benzene rings is 2. The number of amides is 1. The largest absolute Gasteiger partial charge is 0.483 e. The Morgan fingerprint density at radius 3 is 2.50 bits per heavy atom. The van der Waals surface area contributed by atoms with E-state index < -0.39 is 0 Å². The fourth-order valence-corrected chi connectivity index (χ4v) is 2.06. The van der Waals surface area contributed by atoms with Crippen molar-refractivity contribution in [2.24, 2.45) is 0 Å². The molecule has 0 fully saturated rings. The predicted octanol–water partition coefficient (Wildman–Crippen LogP) is 3.48. The maximum Gasteiger partial charge on any atom is 0.260 e. The zero-order valence-electron chi connectivity index (χ0n) is 13.1. The Kier molecular flexibility index (Phi) is 5.15. The van der Waals surface area contributed by atoms with Gasteiger partial charge in [0, 0.05) is 13.6 Å². The lowest BCUT2D eigenvalue weighted by atomic mass is 10.1. The number of rotatable bonds is 5. The Morgan fingerprint density at radius 1 is 1.14 bits per heavy atom. The van der Waals surface area contributed by atoms with E-state index >= 15 is 0 Å². The van der Waals surface area contributed by atoms with Gasteiger partial charge in [0.1, 0.15) is 11.6 Å². The van der Waals surface area contributed by atoms with Crippen LogP contribution in [0.15, 0.2) is 42.5 Å². The van der Waals surface area contributed by atoms with Crippen LogP contribution >= 0.6 is 0 Å². The van der Waals surface area contributed by atoms with E-state index in [-0.39, 0.29) is 18.3 Å². The number of hydrogen-bond acceptors (Lipinski definition) is 2. The predicted molar refractivity (Wildman–Crippen MR) is 84.3 cm³/mol. The average Bonchev–Trinajstić information content (AvgIpc) is 2.50. The average molecular weight is 301 g/mol. The third-order valence-corrected chi connectivity index (χ3v) is 3.45. The van der Waals surface area contributed by atoms with Gasteiger partial charge in [0.2, 0.25) is 0 Å². The van der Waals surface area contributed by atoms with Crippen molar-refractivity contribution >= 4 is 5.91 Å². The summed E-state index contributed by atoms with van der Waals surface area (Å²) in [5, 5.41) is 0. The van der Waals surface area contributed by atoms with Crippen molar-refractivity contribution in [2.45, 2.75) is 20.4 Å². The Balaban J connectivity index is 1.91. The summed E-state index contributed by atoms with van der Waals surface area (Å²) in [6.07, 6.45) is 0. The van der Waals surface area contributed by atoms with Crippen LogP contribution in [0.5, 0.6) is 5.75 Å². The molecule has 3 nitrogen and oxygen atoms in total. The van der Waals surface area contributed by atoms with Crippen LogP contribution < -0.4 is 4.74 Å². The minimum Gasteiger partial charge on any atom is -0.483 e. The second kappa shape index (κ2) is 7.07. The highest BCUT2D eigenvalue weighted by Crippen LogP contribution is 2.19. The maximum atomic E-state index is 12.9. The van der Waals surface area contributed by atoms with Crippen LogP contribution in [0.3, 0.4) is 0 Å². The van der Waals surface area contributed by atoms with Gasteiger partial charge in [-0.05, 0) is 48.7 Å². The molecule has 0 saturated carbocycles. The normalized spacial score (nSPS) is 10.4. The van der Waals surface area contributed by atoms with Gasteiger partial charge in [-0.1, -0.05) is 24.3 Å². The van der Waals surface area contributed by atoms with Crippen molar-refractivity contribution < 1.29 is 13.9 Å². The lowest BCUT2D eigenvalue weighted by Crippen LogP contribution is -2.31. The summed E-state index contributed by atoms with van der Waals surface area (Å²) in [7, 11) is 1.71. The summed E-state index contributed by atoms with van der Waals surface area (Å²) in [4.78, 5) is 13.7. The fourth-order valence-electron chi connectivity index (χ4n) is 2.06. The number of aryl methyl sites for hydroxylation is 2. The van der Waals surface area contributed by atoms with Gasteiger partial charge in [0.05, 0.1) is 0 Å². The highest BCUT2D eigenvalue weighted by atomic mass is 19.1. The molecule has 22 heavy (non-hydrogen) atoms. The molecule has 0 saturated heterocycles. The first kappa shape index (κ1) is 16.0. The van der Waals surface area contributed by atoms with Crippen molar-refractivity contribution in [2.75, 3.05) is 13.7 Å². The van der Waals surface area contributed by atoms with Gasteiger partial charge in [-0.15, -0.1) is 0 Å². The number of halogens is 1. The Labute approximate surface area is 130 Å². The van der Waals surface area contributed by atoms with Crippen LogP contribution in [0, 0.1) is 19.7 Å². The molecule has 2 aromatic carbocycles. The van der Waals surface area contributed by atoms with Crippen molar-refractivity contribution in [1.29, 1.82) is 0 Å². The fraction of sp³-hybridized carbons (Fsp3) is 0.278. The van der Waals surface area contributed by atoms with Crippen LogP contribution in [-0.2, 0) is 11.3 Å². The zero-order valence-corrected chi connectivity index (χ0v) is 13.1. The molecule has 116 valence electrons. The molecule has 0 heterocycles. The Morgan fingerprint density at radius 2 is 1.82 bits per heavy atom. The highest BCUT2D eigenvalue weighted by Gasteiger charge is 2.11. The minimum atomic E-state index is -0.281. The molecule has 0 spiro atoms. The molecular formula is C18H20FNO2. The molecule has 2 rings (SSSR count). The third-order valence-electron chi connectivity index (χ3n) is 3.45. The Hall–Kier alpha value is -2.36. The first-order valence-corrected chi connectivity index (χ1v) is 7.14. The summed E-state index contributed by atoms with van der Waals surface area (Å²) < 4.78 is 18.5. The van der Waals surface area contributed by atoms with Crippen molar-refractivity contribution in [3.8, 4) is 5.75 Å². The molecular weight excluding hydrogens is 281 g/mol. The standard InChI is InChI=1S/C18H20FNO2/c1-13-4-5-14(2)17(10-13)22-12-18(21)20(3)11-15-6-8-16(19)9-7-15/h4-10H,11-12H2,1-3H3. The molecule has 0 aliphatic heterocycles. The summed E-state index contributed by atoms with van der Waals surface area (Å²) >= 11 is 0. The second-order valence-electron chi connectivity index (χ2n) is 5.43. The molecule has 2 aromatic rings. The monoisotopic (exact) mass is 301 g/mol. The van der Waals surface area contributed by atoms with Crippen LogP contribution in [0.2, 0.25) is 0 Å². The number of ether oxygens (including phenoxy) is 1. The summed E-state index contributed by atoms with van der Waals surface area (Å²) in [6.45, 7) is 4.34. The molecule has 0 aromatic heterocycles. The van der Waals surface area contributed by atoms with E-state index in [1.807, 2.05) is 32.0 Å². The summed E-state index contributed by atoms with van der Waals surface area (Å²) in [6, 6.07) is 12.0. The van der Waals surface area contributed by atoms with E-state index in [0.717, 1.165) is 22.4 Å². The molecule has 4 heteroatoms. The maximum absolute atomic E-state index is 12.9. The summed E-state index contributed by atoms with van der Waals surface area (Å²) in [5.41, 5.74) is 2.97. The van der Waals surface area contributed by atoms with E-state index in [4.69, 9.17) is 4.74 Å². The number of carbonyl (C=O) groups is 1. The molecule has 0 aliphatic rings. The minimum absolute atomic E-state index is 0.0119. The first-order chi connectivity index (χ1) is 10.5. The number of nitrogens with zero attached hydrogens (tertiary/aromatic N) is 1. The second-order valence-corrected chi connectivity index (χ2v) is 5.43. The lowest BCUT2D eigenvalue weighted by Gasteiger charge is -2.18. The first-order valence-electron chi connectivity index (χ1n) is 7.14. The van der Waals surface area contributed by atoms with Crippen LogP contribution in [-0.4, -0.2) is 24.5 Å². The smallest absolute Gasteiger partial charge is 0.260 e. The molecule has 0 unspecified atom stereocenters. The van der Waals surface area contributed by atoms with Gasteiger partial charge >= 0.3 is 0 Å². The van der Waals surface area contributed by atoms with Crippen molar-refractivity contribution in [1.82, 2.24) is 4.90 Å². The molecule has 0 bridgehead atoms. The molecule has 1 amide bonds. The van der Waals surface area contributed by atoms with Crippen molar-refractivity contribution in [3.63, 3.8) is 0 Å². The van der Waals surface area contributed by atoms with Gasteiger partial charge in [-0.25, -0.2) is 4.39 Å². The lowest BCUT2D eigenvalue weighted by molar-refractivity contribution is -0.132. The van der Waals surface area contributed by atoms with E-state index in [1.54, 1.807) is 24.1 Å². The molecule has 0 aliphatic carbocycles.